The van der Waals surface area contributed by atoms with E-state index < -0.39 is 0 Å². The lowest BCUT2D eigenvalue weighted by Gasteiger charge is -2.25. The second-order valence-electron chi connectivity index (χ2n) is 5.79. The van der Waals surface area contributed by atoms with Gasteiger partial charge in [-0.3, -0.25) is 0 Å². The third-order valence-corrected chi connectivity index (χ3v) is 4.53. The Morgan fingerprint density at radius 3 is 2.84 bits per heavy atom. The van der Waals surface area contributed by atoms with Gasteiger partial charge in [0, 0.05) is 5.39 Å². The van der Waals surface area contributed by atoms with Gasteiger partial charge in [0.2, 0.25) is 0 Å². The zero-order valence-electron chi connectivity index (χ0n) is 11.9. The van der Waals surface area contributed by atoms with Gasteiger partial charge in [0.1, 0.15) is 11.3 Å². The predicted molar refractivity (Wildman–Crippen MR) is 79.1 cm³/mol. The molecule has 0 radical (unpaired) electrons. The zero-order valence-corrected chi connectivity index (χ0v) is 11.9. The topological polar surface area (TPSA) is 25.2 Å². The van der Waals surface area contributed by atoms with Crippen molar-refractivity contribution in [3.63, 3.8) is 0 Å². The summed E-state index contributed by atoms with van der Waals surface area (Å²) < 4.78 is 6.08. The number of rotatable bonds is 4. The normalized spacial score (nSPS) is 24.9. The summed E-state index contributed by atoms with van der Waals surface area (Å²) in [6.07, 6.45) is 4.02. The highest BCUT2D eigenvalue weighted by Crippen LogP contribution is 2.41. The number of hydrogen-bond donors (Lipinski definition) is 1. The monoisotopic (exact) mass is 257 g/mol. The summed E-state index contributed by atoms with van der Waals surface area (Å²) in [7, 11) is 0. The summed E-state index contributed by atoms with van der Waals surface area (Å²) in [5, 5.41) is 4.85. The minimum Gasteiger partial charge on any atom is -0.459 e. The van der Waals surface area contributed by atoms with Crippen LogP contribution in [0.4, 0.5) is 0 Å². The minimum atomic E-state index is 0.370. The molecule has 19 heavy (non-hydrogen) atoms. The van der Waals surface area contributed by atoms with E-state index in [1.807, 2.05) is 6.07 Å². The maximum Gasteiger partial charge on any atom is 0.134 e. The molecule has 1 N–H and O–H groups in total. The lowest BCUT2D eigenvalue weighted by atomic mass is 9.88. The van der Waals surface area contributed by atoms with Gasteiger partial charge in [-0.1, -0.05) is 44.9 Å². The molecule has 3 rings (SSSR count). The van der Waals surface area contributed by atoms with Crippen LogP contribution in [0.15, 0.2) is 34.7 Å². The van der Waals surface area contributed by atoms with Crippen LogP contribution in [-0.4, -0.2) is 6.54 Å². The fourth-order valence-corrected chi connectivity index (χ4v) is 3.51. The summed E-state index contributed by atoms with van der Waals surface area (Å²) in [6.45, 7) is 5.55. The van der Waals surface area contributed by atoms with Crippen molar-refractivity contribution in [3.8, 4) is 0 Å². The number of fused-ring (bicyclic) bond motifs is 1. The van der Waals surface area contributed by atoms with E-state index in [4.69, 9.17) is 4.42 Å². The first-order chi connectivity index (χ1) is 9.29. The van der Waals surface area contributed by atoms with E-state index in [1.165, 1.54) is 24.6 Å². The number of hydrogen-bond acceptors (Lipinski definition) is 2. The molecule has 102 valence electrons. The number of para-hydroxylation sites is 1. The highest BCUT2D eigenvalue weighted by atomic mass is 16.3. The second kappa shape index (κ2) is 5.38. The minimum absolute atomic E-state index is 0.370. The maximum atomic E-state index is 6.08. The molecule has 1 heterocycles. The largest absolute Gasteiger partial charge is 0.459 e. The van der Waals surface area contributed by atoms with Gasteiger partial charge < -0.3 is 9.73 Å². The molecule has 1 aromatic carbocycles. The van der Waals surface area contributed by atoms with E-state index in [-0.39, 0.29) is 0 Å². The van der Waals surface area contributed by atoms with Crippen molar-refractivity contribution >= 4 is 11.0 Å². The summed E-state index contributed by atoms with van der Waals surface area (Å²) in [4.78, 5) is 0. The number of nitrogens with one attached hydrogen (secondary N) is 1. The van der Waals surface area contributed by atoms with E-state index in [9.17, 15) is 0 Å². The molecule has 2 nitrogen and oxygen atoms in total. The molecule has 0 amide bonds. The Bertz CT molecular complexity index is 512. The molecule has 1 aromatic heterocycles. The molecule has 3 unspecified atom stereocenters. The predicted octanol–water partition coefficient (Wildman–Crippen LogP) is 4.52. The Hall–Kier alpha value is -1.28. The molecule has 0 aliphatic heterocycles. The van der Waals surface area contributed by atoms with Crippen LogP contribution in [0.2, 0.25) is 0 Å². The Balaban J connectivity index is 1.94. The molecule has 1 fully saturated rings. The molecular formula is C17H23NO. The third kappa shape index (κ3) is 2.42. The van der Waals surface area contributed by atoms with Gasteiger partial charge in [-0.05, 0) is 36.9 Å². The van der Waals surface area contributed by atoms with Crippen molar-refractivity contribution in [2.75, 3.05) is 6.54 Å². The average Bonchev–Trinajstić information content (AvgIpc) is 3.02. The van der Waals surface area contributed by atoms with Gasteiger partial charge in [-0.25, -0.2) is 0 Å². The first-order valence-electron chi connectivity index (χ1n) is 7.51. The highest BCUT2D eigenvalue weighted by molar-refractivity contribution is 5.77. The van der Waals surface area contributed by atoms with Crippen LogP contribution < -0.4 is 5.32 Å². The Morgan fingerprint density at radius 1 is 1.32 bits per heavy atom. The maximum absolute atomic E-state index is 6.08. The van der Waals surface area contributed by atoms with Crippen molar-refractivity contribution in [3.05, 3.63) is 36.1 Å². The van der Waals surface area contributed by atoms with Crippen LogP contribution in [0.25, 0.3) is 11.0 Å². The van der Waals surface area contributed by atoms with Crippen LogP contribution in [-0.2, 0) is 0 Å². The zero-order chi connectivity index (χ0) is 13.2. The van der Waals surface area contributed by atoms with Gasteiger partial charge in [0.05, 0.1) is 6.04 Å². The van der Waals surface area contributed by atoms with Crippen LogP contribution in [0.3, 0.4) is 0 Å². The lowest BCUT2D eigenvalue weighted by Crippen LogP contribution is -2.29. The van der Waals surface area contributed by atoms with Crippen LogP contribution >= 0.6 is 0 Å². The SMILES string of the molecule is CCNC(c1cc2ccccc2o1)C1CCCC1C. The lowest BCUT2D eigenvalue weighted by molar-refractivity contribution is 0.273. The van der Waals surface area contributed by atoms with Gasteiger partial charge in [-0.15, -0.1) is 0 Å². The van der Waals surface area contributed by atoms with Crippen molar-refractivity contribution in [2.24, 2.45) is 11.8 Å². The standard InChI is InChI=1S/C17H23NO/c1-3-18-17(14-9-6-7-12(14)2)16-11-13-8-4-5-10-15(13)19-16/h4-5,8,10-12,14,17-18H,3,6-7,9H2,1-2H3. The third-order valence-electron chi connectivity index (χ3n) is 4.53. The molecule has 1 saturated carbocycles. The summed E-state index contributed by atoms with van der Waals surface area (Å²) in [5.74, 6) is 2.61. The summed E-state index contributed by atoms with van der Waals surface area (Å²) in [6, 6.07) is 10.9. The molecular weight excluding hydrogens is 234 g/mol. The van der Waals surface area contributed by atoms with Crippen molar-refractivity contribution in [1.29, 1.82) is 0 Å². The van der Waals surface area contributed by atoms with E-state index in [2.05, 4.69) is 43.4 Å². The summed E-state index contributed by atoms with van der Waals surface area (Å²) in [5.41, 5.74) is 1.01. The van der Waals surface area contributed by atoms with Gasteiger partial charge in [-0.2, -0.15) is 0 Å². The molecule has 2 aromatic rings. The van der Waals surface area contributed by atoms with Crippen molar-refractivity contribution in [2.45, 2.75) is 39.2 Å². The smallest absolute Gasteiger partial charge is 0.134 e. The first kappa shape index (κ1) is 12.7. The van der Waals surface area contributed by atoms with Crippen LogP contribution in [0.1, 0.15) is 44.9 Å². The van der Waals surface area contributed by atoms with Gasteiger partial charge in [0.15, 0.2) is 0 Å². The van der Waals surface area contributed by atoms with Crippen LogP contribution in [0.5, 0.6) is 0 Å². The fourth-order valence-electron chi connectivity index (χ4n) is 3.51. The van der Waals surface area contributed by atoms with Crippen molar-refractivity contribution < 1.29 is 4.42 Å². The quantitative estimate of drug-likeness (QED) is 0.871. The summed E-state index contributed by atoms with van der Waals surface area (Å²) >= 11 is 0. The van der Waals surface area contributed by atoms with E-state index >= 15 is 0 Å². The molecule has 0 saturated heterocycles. The number of furan rings is 1. The Morgan fingerprint density at radius 2 is 2.16 bits per heavy atom. The van der Waals surface area contributed by atoms with Crippen LogP contribution in [0, 0.1) is 11.8 Å². The molecule has 2 heteroatoms. The Kier molecular flexibility index (Phi) is 3.61. The molecule has 0 bridgehead atoms. The molecule has 1 aliphatic carbocycles. The van der Waals surface area contributed by atoms with E-state index in [0.29, 0.717) is 12.0 Å². The number of benzene rings is 1. The molecule has 0 spiro atoms. The van der Waals surface area contributed by atoms with E-state index in [0.717, 1.165) is 23.8 Å². The Labute approximate surface area is 115 Å². The second-order valence-corrected chi connectivity index (χ2v) is 5.79. The first-order valence-corrected chi connectivity index (χ1v) is 7.51. The average molecular weight is 257 g/mol. The molecule has 3 atom stereocenters. The van der Waals surface area contributed by atoms with E-state index in [1.54, 1.807) is 0 Å². The van der Waals surface area contributed by atoms with Gasteiger partial charge in [0.25, 0.3) is 0 Å². The molecule has 1 aliphatic rings. The highest BCUT2D eigenvalue weighted by Gasteiger charge is 2.33. The van der Waals surface area contributed by atoms with Gasteiger partial charge >= 0.3 is 0 Å². The van der Waals surface area contributed by atoms with Crippen molar-refractivity contribution in [1.82, 2.24) is 5.32 Å². The fraction of sp³-hybridized carbons (Fsp3) is 0.529.